The van der Waals surface area contributed by atoms with Gasteiger partial charge in [0.25, 0.3) is 11.8 Å². The molecule has 1 aliphatic heterocycles. The number of phenols is 1. The molecule has 0 atom stereocenters. The fourth-order valence-corrected chi connectivity index (χ4v) is 2.53. The number of halogens is 1. The Morgan fingerprint density at radius 3 is 2.42 bits per heavy atom. The van der Waals surface area contributed by atoms with Crippen LogP contribution in [0.15, 0.2) is 54.1 Å². The number of phenolic OH excluding ortho intramolecular Hbond substituents is 1. The molecule has 0 saturated carbocycles. The van der Waals surface area contributed by atoms with E-state index in [-0.39, 0.29) is 16.4 Å². The maximum absolute atomic E-state index is 13.1. The largest absolute Gasteiger partial charge is 0.507 e. The van der Waals surface area contributed by atoms with Gasteiger partial charge >= 0.3 is 0 Å². The first kappa shape index (κ1) is 15.8. The van der Waals surface area contributed by atoms with Crippen molar-refractivity contribution in [2.45, 2.75) is 0 Å². The summed E-state index contributed by atoms with van der Waals surface area (Å²) >= 11 is 5.04. The minimum atomic E-state index is -0.661. The third-order valence-electron chi connectivity index (χ3n) is 3.42. The number of rotatable bonds is 2. The molecule has 0 spiro atoms. The average molecular weight is 342 g/mol. The molecule has 7 heteroatoms. The van der Waals surface area contributed by atoms with E-state index in [1.807, 2.05) is 0 Å². The molecule has 24 heavy (non-hydrogen) atoms. The van der Waals surface area contributed by atoms with E-state index in [1.54, 1.807) is 18.2 Å². The first-order valence-electron chi connectivity index (χ1n) is 6.92. The molecule has 2 aromatic rings. The van der Waals surface area contributed by atoms with Gasteiger partial charge in [0.2, 0.25) is 0 Å². The summed E-state index contributed by atoms with van der Waals surface area (Å²) in [4.78, 5) is 25.9. The number of aromatic hydroxyl groups is 1. The van der Waals surface area contributed by atoms with E-state index in [9.17, 15) is 19.1 Å². The maximum Gasteiger partial charge on any atom is 0.270 e. The molecule has 1 aliphatic rings. The van der Waals surface area contributed by atoms with E-state index < -0.39 is 17.6 Å². The van der Waals surface area contributed by atoms with Crippen LogP contribution in [0.2, 0.25) is 0 Å². The maximum atomic E-state index is 13.1. The van der Waals surface area contributed by atoms with Crippen molar-refractivity contribution in [2.75, 3.05) is 4.90 Å². The lowest BCUT2D eigenvalue weighted by Gasteiger charge is -2.28. The number of benzene rings is 2. The highest BCUT2D eigenvalue weighted by molar-refractivity contribution is 7.80. The van der Waals surface area contributed by atoms with E-state index >= 15 is 0 Å². The van der Waals surface area contributed by atoms with Crippen molar-refractivity contribution >= 4 is 40.9 Å². The molecule has 2 aromatic carbocycles. The number of hydrogen-bond donors (Lipinski definition) is 2. The molecular weight excluding hydrogens is 331 g/mol. The van der Waals surface area contributed by atoms with E-state index in [4.69, 9.17) is 12.2 Å². The molecule has 0 unspecified atom stereocenters. The molecule has 2 N–H and O–H groups in total. The van der Waals surface area contributed by atoms with Gasteiger partial charge in [-0.3, -0.25) is 19.8 Å². The van der Waals surface area contributed by atoms with Crippen LogP contribution in [0, 0.1) is 5.82 Å². The molecule has 1 fully saturated rings. The van der Waals surface area contributed by atoms with Crippen LogP contribution in [0.4, 0.5) is 10.1 Å². The zero-order valence-corrected chi connectivity index (χ0v) is 13.0. The van der Waals surface area contributed by atoms with E-state index in [1.165, 1.54) is 36.4 Å². The zero-order valence-electron chi connectivity index (χ0n) is 12.2. The Kier molecular flexibility index (Phi) is 4.09. The quantitative estimate of drug-likeness (QED) is 0.499. The summed E-state index contributed by atoms with van der Waals surface area (Å²) < 4.78 is 13.1. The van der Waals surface area contributed by atoms with Gasteiger partial charge in [0.15, 0.2) is 5.11 Å². The molecule has 5 nitrogen and oxygen atoms in total. The summed E-state index contributed by atoms with van der Waals surface area (Å²) in [5.41, 5.74) is 0.465. The minimum absolute atomic E-state index is 0.0629. The minimum Gasteiger partial charge on any atom is -0.507 e. The van der Waals surface area contributed by atoms with Crippen molar-refractivity contribution in [3.63, 3.8) is 0 Å². The lowest BCUT2D eigenvalue weighted by atomic mass is 10.1. The second kappa shape index (κ2) is 6.21. The van der Waals surface area contributed by atoms with Gasteiger partial charge in [-0.05, 0) is 48.6 Å². The monoisotopic (exact) mass is 342 g/mol. The fraction of sp³-hybridized carbons (Fsp3) is 0. The van der Waals surface area contributed by atoms with Gasteiger partial charge in [0, 0.05) is 5.56 Å². The van der Waals surface area contributed by atoms with Crippen molar-refractivity contribution in [1.82, 2.24) is 5.32 Å². The van der Waals surface area contributed by atoms with E-state index in [0.29, 0.717) is 11.3 Å². The van der Waals surface area contributed by atoms with Gasteiger partial charge in [0.1, 0.15) is 17.1 Å². The smallest absolute Gasteiger partial charge is 0.270 e. The molecule has 1 heterocycles. The van der Waals surface area contributed by atoms with Gasteiger partial charge < -0.3 is 5.11 Å². The number of carbonyl (C=O) groups excluding carboxylic acids is 2. The van der Waals surface area contributed by atoms with Gasteiger partial charge in [-0.25, -0.2) is 4.39 Å². The van der Waals surface area contributed by atoms with Gasteiger partial charge in [-0.15, -0.1) is 0 Å². The Balaban J connectivity index is 2.03. The summed E-state index contributed by atoms with van der Waals surface area (Å²) in [6.45, 7) is 0. The fourth-order valence-electron chi connectivity index (χ4n) is 2.25. The topological polar surface area (TPSA) is 69.6 Å². The van der Waals surface area contributed by atoms with Crippen LogP contribution in [0.1, 0.15) is 5.56 Å². The van der Waals surface area contributed by atoms with E-state index in [0.717, 1.165) is 4.90 Å². The Morgan fingerprint density at radius 1 is 1.08 bits per heavy atom. The van der Waals surface area contributed by atoms with Crippen LogP contribution in [-0.2, 0) is 9.59 Å². The molecule has 120 valence electrons. The molecule has 2 amide bonds. The standard InChI is InChI=1S/C17H11FN2O3S/c18-11-5-7-12(8-6-11)20-16(23)13(15(22)19-17(20)24)9-10-3-1-2-4-14(10)21/h1-9,21H,(H,19,22,24). The molecule has 3 rings (SSSR count). The van der Waals surface area contributed by atoms with Crippen LogP contribution < -0.4 is 10.2 Å². The van der Waals surface area contributed by atoms with Crippen LogP contribution in [0.5, 0.6) is 5.75 Å². The Bertz CT molecular complexity index is 878. The average Bonchev–Trinajstić information content (AvgIpc) is 2.54. The number of thiocarbonyl (C=S) groups is 1. The highest BCUT2D eigenvalue weighted by atomic mass is 32.1. The summed E-state index contributed by atoms with van der Waals surface area (Å²) in [5, 5.41) is 12.1. The van der Waals surface area contributed by atoms with Crippen molar-refractivity contribution in [3.8, 4) is 5.75 Å². The van der Waals surface area contributed by atoms with Gasteiger partial charge in [0.05, 0.1) is 5.69 Å². The second-order valence-corrected chi connectivity index (χ2v) is 5.38. The Hall–Kier alpha value is -3.06. The molecule has 0 bridgehead atoms. The van der Waals surface area contributed by atoms with Crippen molar-refractivity contribution in [2.24, 2.45) is 0 Å². The summed E-state index contributed by atoms with van der Waals surface area (Å²) in [5.74, 6) is -1.83. The van der Waals surface area contributed by atoms with Crippen molar-refractivity contribution < 1.29 is 19.1 Å². The zero-order chi connectivity index (χ0) is 17.3. The van der Waals surface area contributed by atoms with Crippen molar-refractivity contribution in [1.29, 1.82) is 0 Å². The van der Waals surface area contributed by atoms with Gasteiger partial charge in [-0.1, -0.05) is 18.2 Å². The number of para-hydroxylation sites is 1. The molecule has 0 radical (unpaired) electrons. The lowest BCUT2D eigenvalue weighted by Crippen LogP contribution is -2.54. The highest BCUT2D eigenvalue weighted by Gasteiger charge is 2.34. The molecule has 1 saturated heterocycles. The summed E-state index contributed by atoms with van der Waals surface area (Å²) in [6, 6.07) is 11.4. The number of carbonyl (C=O) groups is 2. The van der Waals surface area contributed by atoms with Crippen molar-refractivity contribution in [3.05, 3.63) is 65.5 Å². The Morgan fingerprint density at radius 2 is 1.75 bits per heavy atom. The predicted octanol–water partition coefficient (Wildman–Crippen LogP) is 2.36. The summed E-state index contributed by atoms with van der Waals surface area (Å²) in [7, 11) is 0. The predicted molar refractivity (Wildman–Crippen MR) is 90.7 cm³/mol. The van der Waals surface area contributed by atoms with Crippen LogP contribution >= 0.6 is 12.2 Å². The van der Waals surface area contributed by atoms with Crippen LogP contribution in [0.25, 0.3) is 6.08 Å². The van der Waals surface area contributed by atoms with E-state index in [2.05, 4.69) is 5.32 Å². The van der Waals surface area contributed by atoms with Crippen LogP contribution in [0.3, 0.4) is 0 Å². The SMILES string of the molecule is O=C1NC(=S)N(c2ccc(F)cc2)C(=O)C1=Cc1ccccc1O. The number of nitrogens with zero attached hydrogens (tertiary/aromatic N) is 1. The third kappa shape index (κ3) is 2.89. The van der Waals surface area contributed by atoms with Crippen LogP contribution in [-0.4, -0.2) is 22.0 Å². The summed E-state index contributed by atoms with van der Waals surface area (Å²) in [6.07, 6.45) is 1.28. The Labute approximate surface area is 142 Å². The normalized spacial score (nSPS) is 16.5. The third-order valence-corrected chi connectivity index (χ3v) is 3.71. The number of hydrogen-bond acceptors (Lipinski definition) is 4. The number of amides is 2. The number of anilines is 1. The number of nitrogens with one attached hydrogen (secondary N) is 1. The molecule has 0 aliphatic carbocycles. The lowest BCUT2D eigenvalue weighted by molar-refractivity contribution is -0.122. The molecule has 0 aromatic heterocycles. The first-order chi connectivity index (χ1) is 11.5. The second-order valence-electron chi connectivity index (χ2n) is 4.99. The molecular formula is C17H11FN2O3S. The first-order valence-corrected chi connectivity index (χ1v) is 7.33. The highest BCUT2D eigenvalue weighted by Crippen LogP contribution is 2.24. The van der Waals surface area contributed by atoms with Gasteiger partial charge in [-0.2, -0.15) is 0 Å².